The highest BCUT2D eigenvalue weighted by Gasteiger charge is 2.46. The predicted molar refractivity (Wildman–Crippen MR) is 121 cm³/mol. The van der Waals surface area contributed by atoms with Crippen LogP contribution < -0.4 is 9.64 Å². The van der Waals surface area contributed by atoms with Gasteiger partial charge in [-0.1, -0.05) is 51.1 Å². The van der Waals surface area contributed by atoms with Gasteiger partial charge in [-0.3, -0.25) is 14.5 Å². The first-order valence-corrected chi connectivity index (χ1v) is 10.3. The molecule has 1 aliphatic rings. The van der Waals surface area contributed by atoms with Crippen LogP contribution >= 0.6 is 0 Å². The number of methoxy groups -OCH3 is 1. The number of ether oxygens (including phenoxy) is 1. The first kappa shape index (κ1) is 21.4. The summed E-state index contributed by atoms with van der Waals surface area (Å²) in [5, 5.41) is 10.8. The van der Waals surface area contributed by atoms with E-state index in [9.17, 15) is 14.7 Å². The Morgan fingerprint density at radius 3 is 2.31 bits per heavy atom. The molecule has 6 heteroatoms. The second-order valence-electron chi connectivity index (χ2n) is 8.69. The molecule has 0 aliphatic carbocycles. The summed E-state index contributed by atoms with van der Waals surface area (Å²) in [5.41, 5.74) is 2.14. The van der Waals surface area contributed by atoms with Crippen LogP contribution in [0.2, 0.25) is 0 Å². The number of amides is 1. The van der Waals surface area contributed by atoms with Crippen molar-refractivity contribution < 1.29 is 23.8 Å². The number of furan rings is 1. The summed E-state index contributed by atoms with van der Waals surface area (Å²) >= 11 is 0. The number of para-hydroxylation sites is 1. The number of Topliss-reactive ketones (excluding diaryl/α,β-unsaturated/α-hetero) is 1. The van der Waals surface area contributed by atoms with Gasteiger partial charge < -0.3 is 14.3 Å². The van der Waals surface area contributed by atoms with Crippen LogP contribution in [0.1, 0.15) is 48.5 Å². The summed E-state index contributed by atoms with van der Waals surface area (Å²) in [5.74, 6) is -1.25. The molecule has 0 saturated heterocycles. The molecule has 0 bridgehead atoms. The number of benzene rings is 2. The molecule has 3 aromatic rings. The lowest BCUT2D eigenvalue weighted by Crippen LogP contribution is -2.31. The molecule has 1 aliphatic heterocycles. The topological polar surface area (TPSA) is 80.0 Å². The van der Waals surface area contributed by atoms with Crippen molar-refractivity contribution in [2.24, 2.45) is 0 Å². The molecule has 1 aromatic heterocycles. The Hall–Kier alpha value is -3.80. The van der Waals surface area contributed by atoms with Gasteiger partial charge in [0, 0.05) is 11.3 Å². The Labute approximate surface area is 186 Å². The average molecular weight is 431 g/mol. The molecule has 6 nitrogen and oxygen atoms in total. The van der Waals surface area contributed by atoms with E-state index in [1.165, 1.54) is 24.3 Å². The highest BCUT2D eigenvalue weighted by atomic mass is 16.5. The SMILES string of the molecule is COc1ccccc1C1C(C(=O)c2ccco2)=C(O)C(=O)N1c1ccc(C(C)(C)C)cc1. The van der Waals surface area contributed by atoms with Crippen molar-refractivity contribution in [2.75, 3.05) is 12.0 Å². The fourth-order valence-electron chi connectivity index (χ4n) is 3.95. The standard InChI is InChI=1S/C26H25NO5/c1-26(2,3)16-11-13-17(14-12-16)27-22(18-8-5-6-9-19(18)31-4)21(24(29)25(27)30)23(28)20-10-7-15-32-20/h5-15,22,29H,1-4H3. The zero-order valence-corrected chi connectivity index (χ0v) is 18.5. The number of rotatable bonds is 5. The third kappa shape index (κ3) is 3.58. The molecule has 2 heterocycles. The van der Waals surface area contributed by atoms with Crippen molar-refractivity contribution >= 4 is 17.4 Å². The minimum absolute atomic E-state index is 0.0455. The number of nitrogens with zero attached hydrogens (tertiary/aromatic N) is 1. The van der Waals surface area contributed by atoms with Crippen LogP contribution in [0, 0.1) is 0 Å². The van der Waals surface area contributed by atoms with Gasteiger partial charge in [0.15, 0.2) is 11.5 Å². The maximum absolute atomic E-state index is 13.3. The molecule has 1 atom stereocenters. The molecule has 0 saturated carbocycles. The number of hydrogen-bond acceptors (Lipinski definition) is 5. The zero-order valence-electron chi connectivity index (χ0n) is 18.5. The second kappa shape index (κ2) is 8.04. The van der Waals surface area contributed by atoms with Crippen LogP contribution in [-0.4, -0.2) is 23.9 Å². The van der Waals surface area contributed by atoms with Crippen LogP contribution in [0.3, 0.4) is 0 Å². The van der Waals surface area contributed by atoms with Gasteiger partial charge in [0.1, 0.15) is 5.75 Å². The van der Waals surface area contributed by atoms with Gasteiger partial charge in [0.25, 0.3) is 5.91 Å². The summed E-state index contributed by atoms with van der Waals surface area (Å²) in [6, 6.07) is 16.9. The Balaban J connectivity index is 1.88. The lowest BCUT2D eigenvalue weighted by atomic mass is 9.87. The van der Waals surface area contributed by atoms with E-state index in [2.05, 4.69) is 20.8 Å². The van der Waals surface area contributed by atoms with E-state index in [1.807, 2.05) is 24.3 Å². The number of aliphatic hydroxyl groups excluding tert-OH is 1. The molecule has 1 amide bonds. The van der Waals surface area contributed by atoms with Crippen LogP contribution in [0.5, 0.6) is 5.75 Å². The minimum atomic E-state index is -0.878. The van der Waals surface area contributed by atoms with Gasteiger partial charge in [-0.05, 0) is 41.3 Å². The number of carbonyl (C=O) groups is 2. The number of anilines is 1. The Morgan fingerprint density at radius 2 is 1.72 bits per heavy atom. The third-order valence-electron chi connectivity index (χ3n) is 5.64. The third-order valence-corrected chi connectivity index (χ3v) is 5.64. The van der Waals surface area contributed by atoms with E-state index in [1.54, 1.807) is 30.3 Å². The highest BCUT2D eigenvalue weighted by molar-refractivity contribution is 6.20. The molecule has 0 spiro atoms. The summed E-state index contributed by atoms with van der Waals surface area (Å²) in [7, 11) is 1.52. The Bertz CT molecular complexity index is 1180. The van der Waals surface area contributed by atoms with E-state index in [-0.39, 0.29) is 16.7 Å². The first-order chi connectivity index (χ1) is 15.2. The van der Waals surface area contributed by atoms with Gasteiger partial charge >= 0.3 is 0 Å². The number of hydrogen-bond donors (Lipinski definition) is 1. The number of ketones is 1. The molecule has 0 fully saturated rings. The molecule has 0 radical (unpaired) electrons. The smallest absolute Gasteiger partial charge is 0.294 e. The summed E-state index contributed by atoms with van der Waals surface area (Å²) < 4.78 is 10.8. The van der Waals surface area contributed by atoms with Crippen LogP contribution in [-0.2, 0) is 10.2 Å². The van der Waals surface area contributed by atoms with Crippen molar-refractivity contribution in [2.45, 2.75) is 32.2 Å². The lowest BCUT2D eigenvalue weighted by Gasteiger charge is -2.28. The van der Waals surface area contributed by atoms with Crippen LogP contribution in [0.25, 0.3) is 0 Å². The molecular weight excluding hydrogens is 406 g/mol. The van der Waals surface area contributed by atoms with E-state index < -0.39 is 23.5 Å². The van der Waals surface area contributed by atoms with Crippen LogP contribution in [0.4, 0.5) is 5.69 Å². The number of carbonyl (C=O) groups excluding carboxylic acids is 2. The van der Waals surface area contributed by atoms with E-state index in [4.69, 9.17) is 9.15 Å². The van der Waals surface area contributed by atoms with Crippen LogP contribution in [0.15, 0.2) is 82.7 Å². The van der Waals surface area contributed by atoms with E-state index in [0.717, 1.165) is 5.56 Å². The van der Waals surface area contributed by atoms with Gasteiger partial charge in [-0.2, -0.15) is 0 Å². The highest BCUT2D eigenvalue weighted by Crippen LogP contribution is 2.44. The number of aliphatic hydroxyl groups is 1. The average Bonchev–Trinajstić information content (AvgIpc) is 3.40. The molecule has 1 N–H and O–H groups in total. The van der Waals surface area contributed by atoms with Gasteiger partial charge in [-0.15, -0.1) is 0 Å². The van der Waals surface area contributed by atoms with Crippen molar-refractivity contribution in [1.82, 2.24) is 0 Å². The van der Waals surface area contributed by atoms with Crippen molar-refractivity contribution in [3.8, 4) is 5.75 Å². The fourth-order valence-corrected chi connectivity index (χ4v) is 3.95. The quantitative estimate of drug-likeness (QED) is 0.550. The summed E-state index contributed by atoms with van der Waals surface area (Å²) in [6.07, 6.45) is 1.38. The fraction of sp³-hybridized carbons (Fsp3) is 0.231. The Morgan fingerprint density at radius 1 is 1.03 bits per heavy atom. The van der Waals surface area contributed by atoms with Gasteiger partial charge in [0.2, 0.25) is 5.78 Å². The lowest BCUT2D eigenvalue weighted by molar-refractivity contribution is -0.117. The minimum Gasteiger partial charge on any atom is -0.503 e. The van der Waals surface area contributed by atoms with Crippen molar-refractivity contribution in [3.05, 3.63) is 95.1 Å². The van der Waals surface area contributed by atoms with Gasteiger partial charge in [-0.25, -0.2) is 0 Å². The molecule has 1 unspecified atom stereocenters. The largest absolute Gasteiger partial charge is 0.503 e. The normalized spacial score (nSPS) is 16.6. The van der Waals surface area contributed by atoms with E-state index in [0.29, 0.717) is 17.0 Å². The second-order valence-corrected chi connectivity index (χ2v) is 8.69. The molecule has 32 heavy (non-hydrogen) atoms. The summed E-state index contributed by atoms with van der Waals surface area (Å²) in [6.45, 7) is 6.32. The Kier molecular flexibility index (Phi) is 5.38. The van der Waals surface area contributed by atoms with Crippen molar-refractivity contribution in [3.63, 3.8) is 0 Å². The van der Waals surface area contributed by atoms with Gasteiger partial charge in [0.05, 0.1) is 25.0 Å². The molecule has 164 valence electrons. The molecule has 4 rings (SSSR count). The summed E-state index contributed by atoms with van der Waals surface area (Å²) in [4.78, 5) is 28.0. The van der Waals surface area contributed by atoms with Crippen molar-refractivity contribution in [1.29, 1.82) is 0 Å². The first-order valence-electron chi connectivity index (χ1n) is 10.3. The monoisotopic (exact) mass is 431 g/mol. The molecular formula is C26H25NO5. The molecule has 2 aromatic carbocycles. The maximum atomic E-state index is 13.3. The zero-order chi connectivity index (χ0) is 23.0. The van der Waals surface area contributed by atoms with E-state index >= 15 is 0 Å². The maximum Gasteiger partial charge on any atom is 0.294 e. The predicted octanol–water partition coefficient (Wildman–Crippen LogP) is 5.37.